The third kappa shape index (κ3) is 1.65. The highest BCUT2D eigenvalue weighted by molar-refractivity contribution is 5.79. The van der Waals surface area contributed by atoms with Gasteiger partial charge < -0.3 is 0 Å². The monoisotopic (exact) mass is 214 g/mol. The molecule has 82 valence electrons. The van der Waals surface area contributed by atoms with Crippen molar-refractivity contribution in [1.29, 1.82) is 0 Å². The highest BCUT2D eigenvalue weighted by Gasteiger charge is 2.05. The number of nitrogens with zero attached hydrogens (tertiary/aromatic N) is 2. The molecule has 2 aromatic rings. The number of rotatable bonds is 1. The van der Waals surface area contributed by atoms with E-state index < -0.39 is 0 Å². The highest BCUT2D eigenvalue weighted by atomic mass is 16.1. The van der Waals surface area contributed by atoms with Crippen molar-refractivity contribution in [2.45, 2.75) is 13.8 Å². The summed E-state index contributed by atoms with van der Waals surface area (Å²) in [4.78, 5) is 16.5. The predicted octanol–water partition coefficient (Wildman–Crippen LogP) is 2.28. The van der Waals surface area contributed by atoms with Crippen LogP contribution in [0.4, 0.5) is 0 Å². The van der Waals surface area contributed by atoms with E-state index in [1.165, 1.54) is 0 Å². The minimum atomic E-state index is 0.00167. The van der Waals surface area contributed by atoms with E-state index in [-0.39, 0.29) is 5.56 Å². The van der Waals surface area contributed by atoms with E-state index >= 15 is 0 Å². The van der Waals surface area contributed by atoms with Crippen LogP contribution in [0.2, 0.25) is 0 Å². The molecule has 0 atom stereocenters. The van der Waals surface area contributed by atoms with Crippen molar-refractivity contribution < 1.29 is 0 Å². The number of benzene rings is 1. The first-order valence-electron chi connectivity index (χ1n) is 5.23. The molecule has 1 aromatic heterocycles. The lowest BCUT2D eigenvalue weighted by atomic mass is 10.1. The SMILES string of the molecule is C/C=C/c1nc2ccc(C)cc2c(=O)n1C. The zero-order valence-corrected chi connectivity index (χ0v) is 9.69. The Morgan fingerprint density at radius 1 is 1.38 bits per heavy atom. The molecule has 3 heteroatoms. The zero-order chi connectivity index (χ0) is 11.7. The summed E-state index contributed by atoms with van der Waals surface area (Å²) in [6.07, 6.45) is 3.71. The fourth-order valence-corrected chi connectivity index (χ4v) is 1.70. The molecule has 0 saturated carbocycles. The maximum atomic E-state index is 12.1. The van der Waals surface area contributed by atoms with Gasteiger partial charge in [0.05, 0.1) is 10.9 Å². The van der Waals surface area contributed by atoms with Gasteiger partial charge in [-0.3, -0.25) is 9.36 Å². The largest absolute Gasteiger partial charge is 0.296 e. The maximum absolute atomic E-state index is 12.1. The molecule has 0 aliphatic heterocycles. The van der Waals surface area contributed by atoms with Gasteiger partial charge >= 0.3 is 0 Å². The van der Waals surface area contributed by atoms with Crippen LogP contribution in [0.3, 0.4) is 0 Å². The normalized spacial score (nSPS) is 11.4. The number of aromatic nitrogens is 2. The second-order valence-electron chi connectivity index (χ2n) is 3.85. The molecule has 0 unspecified atom stereocenters. The van der Waals surface area contributed by atoms with Gasteiger partial charge in [0, 0.05) is 7.05 Å². The number of aryl methyl sites for hydroxylation is 1. The molecular weight excluding hydrogens is 200 g/mol. The minimum Gasteiger partial charge on any atom is -0.296 e. The fraction of sp³-hybridized carbons (Fsp3) is 0.231. The van der Waals surface area contributed by atoms with Crippen LogP contribution >= 0.6 is 0 Å². The van der Waals surface area contributed by atoms with Crippen molar-refractivity contribution in [3.05, 3.63) is 46.0 Å². The van der Waals surface area contributed by atoms with Crippen LogP contribution < -0.4 is 5.56 Å². The summed E-state index contributed by atoms with van der Waals surface area (Å²) in [5.41, 5.74) is 1.83. The van der Waals surface area contributed by atoms with Gasteiger partial charge in [0.1, 0.15) is 5.82 Å². The molecule has 0 bridgehead atoms. The summed E-state index contributed by atoms with van der Waals surface area (Å²) in [7, 11) is 1.74. The van der Waals surface area contributed by atoms with Gasteiger partial charge in [-0.1, -0.05) is 17.7 Å². The maximum Gasteiger partial charge on any atom is 0.261 e. The van der Waals surface area contributed by atoms with Gasteiger partial charge in [-0.25, -0.2) is 4.98 Å². The first-order chi connectivity index (χ1) is 7.63. The van der Waals surface area contributed by atoms with Crippen molar-refractivity contribution in [3.8, 4) is 0 Å². The molecule has 0 aliphatic carbocycles. The van der Waals surface area contributed by atoms with Crippen LogP contribution in [0.5, 0.6) is 0 Å². The summed E-state index contributed by atoms with van der Waals surface area (Å²) in [5, 5.41) is 0.677. The second kappa shape index (κ2) is 3.93. The first kappa shape index (κ1) is 10.6. The topological polar surface area (TPSA) is 34.9 Å². The lowest BCUT2D eigenvalue weighted by Gasteiger charge is -2.05. The van der Waals surface area contributed by atoms with E-state index in [1.54, 1.807) is 11.6 Å². The lowest BCUT2D eigenvalue weighted by molar-refractivity contribution is 0.827. The quantitative estimate of drug-likeness (QED) is 0.730. The molecule has 0 aliphatic rings. The third-order valence-corrected chi connectivity index (χ3v) is 2.58. The van der Waals surface area contributed by atoms with Crippen LogP contribution in [-0.4, -0.2) is 9.55 Å². The molecule has 0 saturated heterocycles. The van der Waals surface area contributed by atoms with Crippen molar-refractivity contribution in [1.82, 2.24) is 9.55 Å². The summed E-state index contributed by atoms with van der Waals surface area (Å²) >= 11 is 0. The molecule has 0 radical (unpaired) electrons. The van der Waals surface area contributed by atoms with E-state index in [4.69, 9.17) is 0 Å². The Labute approximate surface area is 94.1 Å². The average molecular weight is 214 g/mol. The average Bonchev–Trinajstić information content (AvgIpc) is 2.27. The Morgan fingerprint density at radius 3 is 2.81 bits per heavy atom. The first-order valence-corrected chi connectivity index (χ1v) is 5.23. The molecule has 2 rings (SSSR count). The Bertz CT molecular complexity index is 624. The Hall–Kier alpha value is -1.90. The van der Waals surface area contributed by atoms with E-state index in [0.717, 1.165) is 11.1 Å². The Kier molecular flexibility index (Phi) is 2.60. The van der Waals surface area contributed by atoms with Crippen molar-refractivity contribution in [3.63, 3.8) is 0 Å². The van der Waals surface area contributed by atoms with Crippen LogP contribution in [0.15, 0.2) is 29.1 Å². The van der Waals surface area contributed by atoms with Crippen LogP contribution in [0.25, 0.3) is 17.0 Å². The summed E-state index contributed by atoms with van der Waals surface area (Å²) < 4.78 is 1.57. The molecule has 0 amide bonds. The standard InChI is InChI=1S/C13H14N2O/c1-4-5-12-14-11-7-6-9(2)8-10(11)13(16)15(12)3/h4-8H,1-3H3/b5-4+. The fourth-order valence-electron chi connectivity index (χ4n) is 1.70. The molecule has 16 heavy (non-hydrogen) atoms. The van der Waals surface area contributed by atoms with Gasteiger partial charge in [-0.2, -0.15) is 0 Å². The molecule has 3 nitrogen and oxygen atoms in total. The zero-order valence-electron chi connectivity index (χ0n) is 9.69. The van der Waals surface area contributed by atoms with Gasteiger partial charge in [0.15, 0.2) is 0 Å². The number of allylic oxidation sites excluding steroid dienone is 1. The van der Waals surface area contributed by atoms with E-state index in [1.807, 2.05) is 44.2 Å². The molecule has 0 fully saturated rings. The van der Waals surface area contributed by atoms with Gasteiger partial charge in [0.25, 0.3) is 5.56 Å². The van der Waals surface area contributed by atoms with Gasteiger partial charge in [-0.15, -0.1) is 0 Å². The molecule has 0 N–H and O–H groups in total. The van der Waals surface area contributed by atoms with E-state index in [2.05, 4.69) is 4.98 Å². The summed E-state index contributed by atoms with van der Waals surface area (Å²) in [5.74, 6) is 0.684. The molecule has 1 heterocycles. The molecule has 1 aromatic carbocycles. The van der Waals surface area contributed by atoms with Gasteiger partial charge in [-0.05, 0) is 32.1 Å². The third-order valence-electron chi connectivity index (χ3n) is 2.58. The van der Waals surface area contributed by atoms with Gasteiger partial charge in [0.2, 0.25) is 0 Å². The van der Waals surface area contributed by atoms with Crippen LogP contribution in [-0.2, 0) is 7.05 Å². The minimum absolute atomic E-state index is 0.00167. The number of hydrogen-bond acceptors (Lipinski definition) is 2. The smallest absolute Gasteiger partial charge is 0.261 e. The van der Waals surface area contributed by atoms with Crippen LogP contribution in [0.1, 0.15) is 18.3 Å². The highest BCUT2D eigenvalue weighted by Crippen LogP contribution is 2.10. The van der Waals surface area contributed by atoms with Crippen molar-refractivity contribution >= 4 is 17.0 Å². The number of fused-ring (bicyclic) bond motifs is 1. The second-order valence-corrected chi connectivity index (χ2v) is 3.85. The summed E-state index contributed by atoms with van der Waals surface area (Å²) in [6, 6.07) is 5.73. The number of hydrogen-bond donors (Lipinski definition) is 0. The molecular formula is C13H14N2O. The van der Waals surface area contributed by atoms with E-state index in [9.17, 15) is 4.79 Å². The van der Waals surface area contributed by atoms with E-state index in [0.29, 0.717) is 11.2 Å². The predicted molar refractivity (Wildman–Crippen MR) is 66.4 cm³/mol. The molecule has 0 spiro atoms. The lowest BCUT2D eigenvalue weighted by Crippen LogP contribution is -2.20. The van der Waals surface area contributed by atoms with Crippen LogP contribution in [0, 0.1) is 6.92 Å². The Balaban J connectivity index is 2.88. The van der Waals surface area contributed by atoms with Crippen molar-refractivity contribution in [2.75, 3.05) is 0 Å². The summed E-state index contributed by atoms with van der Waals surface area (Å²) in [6.45, 7) is 3.88. The van der Waals surface area contributed by atoms with Crippen molar-refractivity contribution in [2.24, 2.45) is 7.05 Å². The Morgan fingerprint density at radius 2 is 2.12 bits per heavy atom.